The molecule has 0 aliphatic rings. The molecule has 0 aliphatic carbocycles. The Morgan fingerprint density at radius 2 is 1.81 bits per heavy atom. The second-order valence-electron chi connectivity index (χ2n) is 5.15. The van der Waals surface area contributed by atoms with E-state index >= 15 is 0 Å². The van der Waals surface area contributed by atoms with Crippen molar-refractivity contribution in [1.29, 1.82) is 0 Å². The molecular formula is C14H16F3N3S. The monoisotopic (exact) mass is 315 g/mol. The Hall–Kier alpha value is -1.63. The Morgan fingerprint density at radius 1 is 1.14 bits per heavy atom. The molecule has 3 nitrogen and oxygen atoms in total. The SMILES string of the molecule is CC(C)Cc1nnc(NCc2ccc(C(F)(F)F)cc2)s1. The maximum absolute atomic E-state index is 12.4. The highest BCUT2D eigenvalue weighted by Gasteiger charge is 2.29. The Bertz CT molecular complexity index is 576. The fourth-order valence-corrected chi connectivity index (χ4v) is 2.69. The second kappa shape index (κ2) is 6.43. The minimum absolute atomic E-state index is 0.425. The van der Waals surface area contributed by atoms with Gasteiger partial charge in [0.15, 0.2) is 0 Å². The van der Waals surface area contributed by atoms with Crippen molar-refractivity contribution < 1.29 is 13.2 Å². The van der Waals surface area contributed by atoms with Crippen molar-refractivity contribution in [3.05, 3.63) is 40.4 Å². The summed E-state index contributed by atoms with van der Waals surface area (Å²) in [5, 5.41) is 12.8. The third-order valence-electron chi connectivity index (χ3n) is 2.77. The van der Waals surface area contributed by atoms with E-state index in [1.54, 1.807) is 0 Å². The van der Waals surface area contributed by atoms with Gasteiger partial charge in [0, 0.05) is 13.0 Å². The summed E-state index contributed by atoms with van der Waals surface area (Å²) in [6, 6.07) is 5.10. The van der Waals surface area contributed by atoms with Gasteiger partial charge >= 0.3 is 6.18 Å². The molecule has 0 radical (unpaired) electrons. The van der Waals surface area contributed by atoms with Crippen molar-refractivity contribution in [1.82, 2.24) is 10.2 Å². The molecule has 1 aromatic carbocycles. The third kappa shape index (κ3) is 4.70. The van der Waals surface area contributed by atoms with Crippen molar-refractivity contribution in [3.8, 4) is 0 Å². The molecular weight excluding hydrogens is 299 g/mol. The summed E-state index contributed by atoms with van der Waals surface area (Å²) in [6.07, 6.45) is -3.42. The van der Waals surface area contributed by atoms with Gasteiger partial charge in [-0.3, -0.25) is 0 Å². The van der Waals surface area contributed by atoms with Crippen molar-refractivity contribution in [3.63, 3.8) is 0 Å². The van der Waals surface area contributed by atoms with Crippen LogP contribution in [0.5, 0.6) is 0 Å². The largest absolute Gasteiger partial charge is 0.416 e. The zero-order chi connectivity index (χ0) is 15.5. The second-order valence-corrected chi connectivity index (χ2v) is 6.21. The number of hydrogen-bond donors (Lipinski definition) is 1. The Balaban J connectivity index is 1.92. The van der Waals surface area contributed by atoms with Gasteiger partial charge in [0.05, 0.1) is 5.56 Å². The van der Waals surface area contributed by atoms with Crippen LogP contribution >= 0.6 is 11.3 Å². The maximum Gasteiger partial charge on any atom is 0.416 e. The van der Waals surface area contributed by atoms with E-state index in [1.807, 2.05) is 0 Å². The zero-order valence-corrected chi connectivity index (χ0v) is 12.6. The van der Waals surface area contributed by atoms with Crippen molar-refractivity contribution in [2.24, 2.45) is 5.92 Å². The molecule has 7 heteroatoms. The summed E-state index contributed by atoms with van der Waals surface area (Å²) in [5.74, 6) is 0.515. The van der Waals surface area contributed by atoms with Crippen LogP contribution < -0.4 is 5.32 Å². The molecule has 0 spiro atoms. The molecule has 0 aliphatic heterocycles. The Labute approximate surface area is 125 Å². The summed E-state index contributed by atoms with van der Waals surface area (Å²) in [7, 11) is 0. The Kier molecular flexibility index (Phi) is 4.82. The lowest BCUT2D eigenvalue weighted by molar-refractivity contribution is -0.137. The summed E-state index contributed by atoms with van der Waals surface area (Å²) in [4.78, 5) is 0. The van der Waals surface area contributed by atoms with Gasteiger partial charge in [0.2, 0.25) is 5.13 Å². The van der Waals surface area contributed by atoms with Gasteiger partial charge in [-0.1, -0.05) is 37.3 Å². The number of halogens is 3. The van der Waals surface area contributed by atoms with Crippen LogP contribution in [0, 0.1) is 5.92 Å². The molecule has 1 heterocycles. The van der Waals surface area contributed by atoms with Gasteiger partial charge in [0.25, 0.3) is 0 Å². The normalized spacial score (nSPS) is 11.9. The van der Waals surface area contributed by atoms with Crippen molar-refractivity contribution in [2.75, 3.05) is 5.32 Å². The quantitative estimate of drug-likeness (QED) is 0.890. The number of rotatable bonds is 5. The topological polar surface area (TPSA) is 37.8 Å². The van der Waals surface area contributed by atoms with Crippen LogP contribution in [0.25, 0.3) is 0 Å². The molecule has 2 aromatic rings. The first-order chi connectivity index (χ1) is 9.84. The molecule has 1 aromatic heterocycles. The van der Waals surface area contributed by atoms with Gasteiger partial charge in [-0.2, -0.15) is 13.2 Å². The number of alkyl halides is 3. The first-order valence-electron chi connectivity index (χ1n) is 6.57. The summed E-state index contributed by atoms with van der Waals surface area (Å²) < 4.78 is 37.3. The number of nitrogens with one attached hydrogen (secondary N) is 1. The van der Waals surface area contributed by atoms with E-state index in [0.717, 1.165) is 29.1 Å². The number of benzene rings is 1. The predicted octanol–water partition coefficient (Wildman–Crippen LogP) is 4.37. The highest BCUT2D eigenvalue weighted by Crippen LogP contribution is 2.29. The highest BCUT2D eigenvalue weighted by atomic mass is 32.1. The molecule has 21 heavy (non-hydrogen) atoms. The average molecular weight is 315 g/mol. The van der Waals surface area contributed by atoms with Gasteiger partial charge in [-0.25, -0.2) is 0 Å². The smallest absolute Gasteiger partial charge is 0.356 e. The van der Waals surface area contributed by atoms with E-state index < -0.39 is 11.7 Å². The number of nitrogens with zero attached hydrogens (tertiary/aromatic N) is 2. The third-order valence-corrected chi connectivity index (χ3v) is 3.68. The lowest BCUT2D eigenvalue weighted by Crippen LogP contribution is -2.05. The van der Waals surface area contributed by atoms with Gasteiger partial charge in [-0.05, 0) is 23.6 Å². The van der Waals surface area contributed by atoms with Gasteiger partial charge < -0.3 is 5.32 Å². The van der Waals surface area contributed by atoms with E-state index in [4.69, 9.17) is 0 Å². The van der Waals surface area contributed by atoms with Crippen LogP contribution in [-0.4, -0.2) is 10.2 Å². The molecule has 0 bridgehead atoms. The standard InChI is InChI=1S/C14H16F3N3S/c1-9(2)7-12-19-20-13(21-12)18-8-10-3-5-11(6-4-10)14(15,16)17/h3-6,9H,7-8H2,1-2H3,(H,18,20). The first-order valence-corrected chi connectivity index (χ1v) is 7.38. The molecule has 0 fully saturated rings. The molecule has 0 atom stereocenters. The highest BCUT2D eigenvalue weighted by molar-refractivity contribution is 7.15. The first kappa shape index (κ1) is 15.8. The van der Waals surface area contributed by atoms with Crippen LogP contribution in [0.2, 0.25) is 0 Å². The zero-order valence-electron chi connectivity index (χ0n) is 11.7. The van der Waals surface area contributed by atoms with Crippen molar-refractivity contribution >= 4 is 16.5 Å². The van der Waals surface area contributed by atoms with E-state index in [1.165, 1.54) is 23.5 Å². The van der Waals surface area contributed by atoms with E-state index in [9.17, 15) is 13.2 Å². The average Bonchev–Trinajstić information content (AvgIpc) is 2.82. The van der Waals surface area contributed by atoms with Crippen LogP contribution in [0.4, 0.5) is 18.3 Å². The van der Waals surface area contributed by atoms with Crippen LogP contribution in [0.15, 0.2) is 24.3 Å². The number of hydrogen-bond acceptors (Lipinski definition) is 4. The van der Waals surface area contributed by atoms with E-state index in [-0.39, 0.29) is 0 Å². The minimum atomic E-state index is -4.29. The lowest BCUT2D eigenvalue weighted by atomic mass is 10.1. The molecule has 0 unspecified atom stereocenters. The van der Waals surface area contributed by atoms with Crippen LogP contribution in [0.1, 0.15) is 30.0 Å². The van der Waals surface area contributed by atoms with Gasteiger partial charge in [0.1, 0.15) is 5.01 Å². The van der Waals surface area contributed by atoms with Crippen molar-refractivity contribution in [2.45, 2.75) is 33.0 Å². The maximum atomic E-state index is 12.4. The summed E-state index contributed by atoms with van der Waals surface area (Å²) in [6.45, 7) is 4.64. The van der Waals surface area contributed by atoms with Crippen LogP contribution in [-0.2, 0) is 19.1 Å². The fraction of sp³-hybridized carbons (Fsp3) is 0.429. The molecule has 0 saturated carbocycles. The number of aromatic nitrogens is 2. The molecule has 0 saturated heterocycles. The number of anilines is 1. The van der Waals surface area contributed by atoms with E-state index in [2.05, 4.69) is 29.4 Å². The van der Waals surface area contributed by atoms with E-state index in [0.29, 0.717) is 17.6 Å². The van der Waals surface area contributed by atoms with Crippen LogP contribution in [0.3, 0.4) is 0 Å². The Morgan fingerprint density at radius 3 is 2.38 bits per heavy atom. The molecule has 1 N–H and O–H groups in total. The lowest BCUT2D eigenvalue weighted by Gasteiger charge is -2.07. The summed E-state index contributed by atoms with van der Waals surface area (Å²) >= 11 is 1.47. The molecule has 0 amide bonds. The predicted molar refractivity (Wildman–Crippen MR) is 77.2 cm³/mol. The minimum Gasteiger partial charge on any atom is -0.356 e. The summed E-state index contributed by atoms with van der Waals surface area (Å²) in [5.41, 5.74) is 0.130. The molecule has 114 valence electrons. The fourth-order valence-electron chi connectivity index (χ4n) is 1.75. The molecule has 2 rings (SSSR count). The van der Waals surface area contributed by atoms with Gasteiger partial charge in [-0.15, -0.1) is 10.2 Å².